The lowest BCUT2D eigenvalue weighted by molar-refractivity contribution is -0.113. The molecule has 1 aromatic carbocycles. The Balaban J connectivity index is 2.10. The zero-order valence-corrected chi connectivity index (χ0v) is 13.0. The minimum atomic E-state index is -0.219. The molecule has 0 radical (unpaired) electrons. The summed E-state index contributed by atoms with van der Waals surface area (Å²) >= 11 is 3.03. The third-order valence-corrected chi connectivity index (χ3v) is 4.63. The summed E-state index contributed by atoms with van der Waals surface area (Å²) in [5.41, 5.74) is 0.986. The molecule has 20 heavy (non-hydrogen) atoms. The first-order valence-corrected chi connectivity index (χ1v) is 8.17. The van der Waals surface area contributed by atoms with Gasteiger partial charge in [-0.1, -0.05) is 12.1 Å². The molecule has 4 nitrogen and oxygen atoms in total. The largest absolute Gasteiger partial charge is 0.395 e. The van der Waals surface area contributed by atoms with Gasteiger partial charge in [-0.3, -0.25) is 4.79 Å². The molecular formula is C14H16N2O2S2. The first-order chi connectivity index (χ1) is 9.63. The molecule has 6 heteroatoms. The number of aliphatic imine (C=N–C) groups is 1. The quantitative estimate of drug-likeness (QED) is 0.683. The lowest BCUT2D eigenvalue weighted by Crippen LogP contribution is -2.26. The van der Waals surface area contributed by atoms with Gasteiger partial charge in [0.15, 0.2) is 5.17 Å². The Morgan fingerprint density at radius 1 is 1.40 bits per heavy atom. The topological polar surface area (TPSA) is 52.9 Å². The van der Waals surface area contributed by atoms with Crippen molar-refractivity contribution in [1.29, 1.82) is 0 Å². The molecule has 0 fully saturated rings. The normalized spacial score (nSPS) is 16.6. The van der Waals surface area contributed by atoms with Gasteiger partial charge in [0.05, 0.1) is 11.5 Å². The Labute approximate surface area is 127 Å². The van der Waals surface area contributed by atoms with E-state index in [1.54, 1.807) is 16.7 Å². The number of hydrogen-bond acceptors (Lipinski definition) is 5. The maximum Gasteiger partial charge on any atom is 0.286 e. The highest BCUT2D eigenvalue weighted by Gasteiger charge is 2.24. The Hall–Kier alpha value is -1.24. The fourth-order valence-corrected chi connectivity index (χ4v) is 2.97. The first-order valence-electron chi connectivity index (χ1n) is 6.12. The lowest BCUT2D eigenvalue weighted by Gasteiger charge is -2.15. The molecule has 1 aromatic rings. The molecule has 0 bridgehead atoms. The molecule has 0 spiro atoms. The summed E-state index contributed by atoms with van der Waals surface area (Å²) < 4.78 is 0. The van der Waals surface area contributed by atoms with Crippen LogP contribution in [-0.4, -0.2) is 47.5 Å². The van der Waals surface area contributed by atoms with Crippen molar-refractivity contribution in [3.05, 3.63) is 34.7 Å². The molecule has 106 valence electrons. The van der Waals surface area contributed by atoms with Crippen LogP contribution in [0.4, 0.5) is 0 Å². The average Bonchev–Trinajstić information content (AvgIpc) is 2.81. The smallest absolute Gasteiger partial charge is 0.286 e. The Bertz CT molecular complexity index is 553. The van der Waals surface area contributed by atoms with Gasteiger partial charge in [-0.25, -0.2) is 0 Å². The molecule has 0 saturated heterocycles. The highest BCUT2D eigenvalue weighted by atomic mass is 32.2. The van der Waals surface area contributed by atoms with E-state index in [1.165, 1.54) is 16.7 Å². The zero-order chi connectivity index (χ0) is 14.5. The van der Waals surface area contributed by atoms with Crippen molar-refractivity contribution in [2.75, 3.05) is 26.5 Å². The number of carbonyl (C=O) groups excluding carboxylic acids is 1. The number of likely N-dealkylation sites (N-methyl/N-ethyl adjacent to an activating group) is 1. The maximum absolute atomic E-state index is 11.9. The van der Waals surface area contributed by atoms with Crippen molar-refractivity contribution in [3.63, 3.8) is 0 Å². The minimum Gasteiger partial charge on any atom is -0.395 e. The Kier molecular flexibility index (Phi) is 5.28. The van der Waals surface area contributed by atoms with Crippen LogP contribution < -0.4 is 0 Å². The van der Waals surface area contributed by atoms with Gasteiger partial charge in [0.1, 0.15) is 0 Å². The van der Waals surface area contributed by atoms with E-state index in [0.717, 1.165) is 5.56 Å². The van der Waals surface area contributed by atoms with Gasteiger partial charge in [0.2, 0.25) is 0 Å². The number of aliphatic hydroxyl groups is 1. The maximum atomic E-state index is 11.9. The van der Waals surface area contributed by atoms with Crippen LogP contribution in [-0.2, 0) is 4.79 Å². The van der Waals surface area contributed by atoms with Gasteiger partial charge >= 0.3 is 0 Å². The number of carbonyl (C=O) groups is 1. The van der Waals surface area contributed by atoms with Crippen LogP contribution in [0, 0.1) is 0 Å². The van der Waals surface area contributed by atoms with E-state index in [9.17, 15) is 4.79 Å². The van der Waals surface area contributed by atoms with Crippen molar-refractivity contribution in [1.82, 2.24) is 4.90 Å². The van der Waals surface area contributed by atoms with Crippen molar-refractivity contribution in [2.24, 2.45) is 4.99 Å². The summed E-state index contributed by atoms with van der Waals surface area (Å²) in [5.74, 6) is -0.219. The molecule has 1 N–H and O–H groups in total. The standard InChI is InChI=1S/C14H16N2O2S2/c1-16(7-8-17)14-15-13(18)12(20-14)9-10-3-5-11(19-2)6-4-10/h3-6,9,17H,7-8H2,1-2H3. The molecule has 0 unspecified atom stereocenters. The average molecular weight is 308 g/mol. The van der Waals surface area contributed by atoms with Gasteiger partial charge in [-0.2, -0.15) is 4.99 Å². The number of benzene rings is 1. The lowest BCUT2D eigenvalue weighted by atomic mass is 10.2. The number of aliphatic hydroxyl groups excluding tert-OH is 1. The zero-order valence-electron chi connectivity index (χ0n) is 11.4. The van der Waals surface area contributed by atoms with E-state index in [-0.39, 0.29) is 12.5 Å². The Morgan fingerprint density at radius 2 is 2.10 bits per heavy atom. The van der Waals surface area contributed by atoms with Crippen LogP contribution in [0.25, 0.3) is 6.08 Å². The van der Waals surface area contributed by atoms with Crippen LogP contribution in [0.2, 0.25) is 0 Å². The molecule has 0 aliphatic carbocycles. The van der Waals surface area contributed by atoms with E-state index < -0.39 is 0 Å². The fraction of sp³-hybridized carbons (Fsp3) is 0.286. The fourth-order valence-electron chi connectivity index (χ4n) is 1.66. The van der Waals surface area contributed by atoms with Crippen LogP contribution in [0.1, 0.15) is 5.56 Å². The minimum absolute atomic E-state index is 0.0411. The van der Waals surface area contributed by atoms with Crippen molar-refractivity contribution >= 4 is 40.7 Å². The second kappa shape index (κ2) is 6.97. The monoisotopic (exact) mass is 308 g/mol. The Morgan fingerprint density at radius 3 is 2.70 bits per heavy atom. The van der Waals surface area contributed by atoms with Gasteiger partial charge in [0.25, 0.3) is 5.91 Å². The van der Waals surface area contributed by atoms with Crippen LogP contribution in [0.5, 0.6) is 0 Å². The molecular weight excluding hydrogens is 292 g/mol. The summed E-state index contributed by atoms with van der Waals surface area (Å²) in [4.78, 5) is 19.4. The molecule has 1 aliphatic heterocycles. The summed E-state index contributed by atoms with van der Waals surface area (Å²) in [6.07, 6.45) is 3.88. The van der Waals surface area contributed by atoms with Gasteiger partial charge in [-0.15, -0.1) is 11.8 Å². The van der Waals surface area contributed by atoms with Gasteiger partial charge in [-0.05, 0) is 41.8 Å². The summed E-state index contributed by atoms with van der Waals surface area (Å²) in [6.45, 7) is 0.508. The highest BCUT2D eigenvalue weighted by molar-refractivity contribution is 8.18. The van der Waals surface area contributed by atoms with E-state index in [2.05, 4.69) is 4.99 Å². The predicted molar refractivity (Wildman–Crippen MR) is 85.9 cm³/mol. The second-order valence-electron chi connectivity index (χ2n) is 4.23. The molecule has 1 heterocycles. The van der Waals surface area contributed by atoms with Crippen LogP contribution >= 0.6 is 23.5 Å². The van der Waals surface area contributed by atoms with E-state index in [4.69, 9.17) is 5.11 Å². The van der Waals surface area contributed by atoms with E-state index in [1.807, 2.05) is 43.6 Å². The van der Waals surface area contributed by atoms with E-state index >= 15 is 0 Å². The molecule has 2 rings (SSSR count). The summed E-state index contributed by atoms with van der Waals surface area (Å²) in [7, 11) is 1.81. The van der Waals surface area contributed by atoms with E-state index in [0.29, 0.717) is 16.6 Å². The third-order valence-electron chi connectivity index (χ3n) is 2.78. The number of amides is 1. The van der Waals surface area contributed by atoms with Crippen LogP contribution in [0.15, 0.2) is 39.1 Å². The van der Waals surface area contributed by atoms with Crippen molar-refractivity contribution in [2.45, 2.75) is 4.90 Å². The molecule has 0 saturated carbocycles. The third kappa shape index (κ3) is 3.65. The first kappa shape index (κ1) is 15.2. The number of hydrogen-bond donors (Lipinski definition) is 1. The molecule has 1 aliphatic rings. The molecule has 1 amide bonds. The van der Waals surface area contributed by atoms with Crippen molar-refractivity contribution in [3.8, 4) is 0 Å². The predicted octanol–water partition coefficient (Wildman–Crippen LogP) is 2.30. The van der Waals surface area contributed by atoms with Gasteiger partial charge in [0, 0.05) is 18.5 Å². The number of amidine groups is 1. The molecule has 0 aromatic heterocycles. The second-order valence-corrected chi connectivity index (χ2v) is 6.12. The number of rotatable bonds is 4. The number of thioether (sulfide) groups is 2. The number of nitrogens with zero attached hydrogens (tertiary/aromatic N) is 2. The summed E-state index contributed by atoms with van der Waals surface area (Å²) in [6, 6.07) is 8.03. The van der Waals surface area contributed by atoms with Crippen LogP contribution in [0.3, 0.4) is 0 Å². The summed E-state index contributed by atoms with van der Waals surface area (Å²) in [5, 5.41) is 9.54. The molecule has 0 atom stereocenters. The van der Waals surface area contributed by atoms with Gasteiger partial charge < -0.3 is 10.0 Å². The SMILES string of the molecule is CSc1ccc(C=C2SC(N(C)CCO)=NC2=O)cc1. The highest BCUT2D eigenvalue weighted by Crippen LogP contribution is 2.29. The van der Waals surface area contributed by atoms with Crippen molar-refractivity contribution < 1.29 is 9.90 Å².